The van der Waals surface area contributed by atoms with Gasteiger partial charge in [0, 0.05) is 0 Å². The summed E-state index contributed by atoms with van der Waals surface area (Å²) in [5, 5.41) is 0. The van der Waals surface area contributed by atoms with Gasteiger partial charge in [0.25, 0.3) is 0 Å². The number of ketones is 1. The molecule has 0 saturated heterocycles. The molecule has 0 radical (unpaired) electrons. The molecule has 16 heavy (non-hydrogen) atoms. The predicted octanol–water partition coefficient (Wildman–Crippen LogP) is 1.92. The van der Waals surface area contributed by atoms with E-state index in [0.717, 1.165) is 0 Å². The number of furan rings is 1. The van der Waals surface area contributed by atoms with Crippen LogP contribution >= 0.6 is 0 Å². The van der Waals surface area contributed by atoms with Crippen LogP contribution in [0.2, 0.25) is 0 Å². The molecule has 0 saturated carbocycles. The summed E-state index contributed by atoms with van der Waals surface area (Å²) in [4.78, 5) is 11.5. The molecule has 90 valence electrons. The maximum Gasteiger partial charge on any atom is 0.212 e. The van der Waals surface area contributed by atoms with Crippen LogP contribution in [0.5, 0.6) is 0 Å². The van der Waals surface area contributed by atoms with Crippen molar-refractivity contribution in [2.24, 2.45) is 5.92 Å². The number of carbonyl (C=O) groups excluding carboxylic acids is 1. The predicted molar refractivity (Wildman–Crippen MR) is 61.1 cm³/mol. The summed E-state index contributed by atoms with van der Waals surface area (Å²) in [5.41, 5.74) is 0. The van der Waals surface area contributed by atoms with Gasteiger partial charge < -0.3 is 4.42 Å². The third-order valence-corrected chi connectivity index (χ3v) is 3.71. The Morgan fingerprint density at radius 3 is 2.62 bits per heavy atom. The van der Waals surface area contributed by atoms with E-state index >= 15 is 0 Å². The molecule has 1 heterocycles. The second kappa shape index (κ2) is 5.30. The van der Waals surface area contributed by atoms with Gasteiger partial charge >= 0.3 is 0 Å². The van der Waals surface area contributed by atoms with E-state index in [9.17, 15) is 13.2 Å². The smallest absolute Gasteiger partial charge is 0.212 e. The lowest BCUT2D eigenvalue weighted by molar-refractivity contribution is 0.0990. The van der Waals surface area contributed by atoms with Crippen molar-refractivity contribution < 1.29 is 17.6 Å². The molecule has 0 aliphatic rings. The van der Waals surface area contributed by atoms with Gasteiger partial charge in [0.1, 0.15) is 5.75 Å². The fourth-order valence-electron chi connectivity index (χ4n) is 1.20. The highest BCUT2D eigenvalue weighted by atomic mass is 32.2. The Kier molecular flexibility index (Phi) is 4.29. The van der Waals surface area contributed by atoms with Crippen LogP contribution in [-0.2, 0) is 9.84 Å². The first-order valence-electron chi connectivity index (χ1n) is 5.18. The number of rotatable bonds is 6. The van der Waals surface area contributed by atoms with E-state index in [1.54, 1.807) is 6.07 Å². The lowest BCUT2D eigenvalue weighted by Crippen LogP contribution is -2.19. The van der Waals surface area contributed by atoms with Crippen LogP contribution in [0.1, 0.15) is 30.8 Å². The number of sulfone groups is 1. The van der Waals surface area contributed by atoms with E-state index in [-0.39, 0.29) is 11.5 Å². The van der Waals surface area contributed by atoms with E-state index in [1.807, 2.05) is 13.8 Å². The molecule has 0 aliphatic heterocycles. The van der Waals surface area contributed by atoms with Crippen molar-refractivity contribution in [2.75, 3.05) is 11.5 Å². The molecule has 1 rings (SSSR count). The highest BCUT2D eigenvalue weighted by Crippen LogP contribution is 2.07. The third kappa shape index (κ3) is 4.18. The van der Waals surface area contributed by atoms with Gasteiger partial charge in [0.15, 0.2) is 15.6 Å². The van der Waals surface area contributed by atoms with Gasteiger partial charge in [-0.1, -0.05) is 13.8 Å². The molecule has 0 N–H and O–H groups in total. The molecule has 0 amide bonds. The molecule has 1 aromatic heterocycles. The maximum absolute atomic E-state index is 11.6. The minimum atomic E-state index is -3.31. The summed E-state index contributed by atoms with van der Waals surface area (Å²) in [7, 11) is -3.31. The first-order valence-corrected chi connectivity index (χ1v) is 7.00. The Hall–Kier alpha value is -1.10. The Labute approximate surface area is 95.6 Å². The van der Waals surface area contributed by atoms with E-state index in [1.165, 1.54) is 12.3 Å². The van der Waals surface area contributed by atoms with Crippen molar-refractivity contribution in [3.8, 4) is 0 Å². The monoisotopic (exact) mass is 244 g/mol. The molecule has 0 aliphatic carbocycles. The second-order valence-electron chi connectivity index (χ2n) is 4.18. The average molecular weight is 244 g/mol. The van der Waals surface area contributed by atoms with Crippen molar-refractivity contribution in [1.29, 1.82) is 0 Å². The Balaban J connectivity index is 2.56. The van der Waals surface area contributed by atoms with Gasteiger partial charge in [0.05, 0.1) is 12.0 Å². The average Bonchev–Trinajstić information content (AvgIpc) is 2.67. The van der Waals surface area contributed by atoms with Gasteiger partial charge in [0.2, 0.25) is 5.78 Å². The SMILES string of the molecule is CC(C)CCS(=O)(=O)CC(=O)c1ccco1. The lowest BCUT2D eigenvalue weighted by atomic mass is 10.2. The van der Waals surface area contributed by atoms with Crippen LogP contribution < -0.4 is 0 Å². The van der Waals surface area contributed by atoms with Crippen LogP contribution in [0.3, 0.4) is 0 Å². The van der Waals surface area contributed by atoms with Crippen LogP contribution in [0.4, 0.5) is 0 Å². The highest BCUT2D eigenvalue weighted by molar-refractivity contribution is 7.92. The Morgan fingerprint density at radius 1 is 1.44 bits per heavy atom. The molecule has 0 spiro atoms. The topological polar surface area (TPSA) is 64.3 Å². The number of Topliss-reactive ketones (excluding diaryl/α,β-unsaturated/α-hetero) is 1. The molecule has 0 aromatic carbocycles. The standard InChI is InChI=1S/C11H16O4S/c1-9(2)5-7-16(13,14)8-10(12)11-4-3-6-15-11/h3-4,6,9H,5,7-8H2,1-2H3. The second-order valence-corrected chi connectivity index (χ2v) is 6.36. The van der Waals surface area contributed by atoms with E-state index in [2.05, 4.69) is 0 Å². The highest BCUT2D eigenvalue weighted by Gasteiger charge is 2.19. The van der Waals surface area contributed by atoms with Crippen LogP contribution in [0.25, 0.3) is 0 Å². The molecular weight excluding hydrogens is 228 g/mol. The Bertz CT molecular complexity index is 429. The van der Waals surface area contributed by atoms with Gasteiger partial charge in [-0.05, 0) is 24.5 Å². The van der Waals surface area contributed by atoms with E-state index < -0.39 is 21.4 Å². The van der Waals surface area contributed by atoms with Crippen molar-refractivity contribution in [1.82, 2.24) is 0 Å². The van der Waals surface area contributed by atoms with Crippen LogP contribution in [-0.4, -0.2) is 25.7 Å². The van der Waals surface area contributed by atoms with Crippen molar-refractivity contribution in [3.63, 3.8) is 0 Å². The summed E-state index contributed by atoms with van der Waals surface area (Å²) in [6, 6.07) is 3.04. The Morgan fingerprint density at radius 2 is 2.12 bits per heavy atom. The van der Waals surface area contributed by atoms with Crippen LogP contribution in [0.15, 0.2) is 22.8 Å². The summed E-state index contributed by atoms with van der Waals surface area (Å²) in [6.45, 7) is 3.90. The third-order valence-electron chi connectivity index (χ3n) is 2.15. The molecular formula is C11H16O4S. The quantitative estimate of drug-likeness (QED) is 0.717. The largest absolute Gasteiger partial charge is 0.461 e. The lowest BCUT2D eigenvalue weighted by Gasteiger charge is -2.04. The number of hydrogen-bond donors (Lipinski definition) is 0. The van der Waals surface area contributed by atoms with Gasteiger partial charge in [-0.15, -0.1) is 0 Å². The fourth-order valence-corrected chi connectivity index (χ4v) is 2.71. The molecule has 0 atom stereocenters. The van der Waals surface area contributed by atoms with Crippen LogP contribution in [0, 0.1) is 5.92 Å². The molecule has 0 fully saturated rings. The maximum atomic E-state index is 11.6. The minimum absolute atomic E-state index is 0.0527. The minimum Gasteiger partial charge on any atom is -0.461 e. The zero-order valence-electron chi connectivity index (χ0n) is 9.47. The van der Waals surface area contributed by atoms with Gasteiger partial charge in [-0.3, -0.25) is 4.79 Å². The van der Waals surface area contributed by atoms with Crippen molar-refractivity contribution >= 4 is 15.6 Å². The van der Waals surface area contributed by atoms with Gasteiger partial charge in [-0.25, -0.2) is 8.42 Å². The molecule has 0 unspecified atom stereocenters. The summed E-state index contributed by atoms with van der Waals surface area (Å²) >= 11 is 0. The van der Waals surface area contributed by atoms with Crippen molar-refractivity contribution in [3.05, 3.63) is 24.2 Å². The molecule has 0 bridgehead atoms. The molecule has 4 nitrogen and oxygen atoms in total. The van der Waals surface area contributed by atoms with Gasteiger partial charge in [-0.2, -0.15) is 0 Å². The summed E-state index contributed by atoms with van der Waals surface area (Å²) in [5.74, 6) is -0.472. The number of hydrogen-bond acceptors (Lipinski definition) is 4. The molecule has 5 heteroatoms. The zero-order valence-corrected chi connectivity index (χ0v) is 10.3. The fraction of sp³-hybridized carbons (Fsp3) is 0.545. The summed E-state index contributed by atoms with van der Waals surface area (Å²) < 4.78 is 28.0. The zero-order chi connectivity index (χ0) is 12.2. The van der Waals surface area contributed by atoms with E-state index in [4.69, 9.17) is 4.42 Å². The summed E-state index contributed by atoms with van der Waals surface area (Å²) in [6.07, 6.45) is 1.93. The molecule has 1 aromatic rings. The van der Waals surface area contributed by atoms with Crippen molar-refractivity contribution in [2.45, 2.75) is 20.3 Å². The first kappa shape index (κ1) is 13.0. The normalized spacial score (nSPS) is 11.9. The first-order chi connectivity index (χ1) is 7.41. The number of carbonyl (C=O) groups is 1. The van der Waals surface area contributed by atoms with E-state index in [0.29, 0.717) is 12.3 Å².